The van der Waals surface area contributed by atoms with Crippen molar-refractivity contribution in [1.29, 1.82) is 0 Å². The zero-order valence-electron chi connectivity index (χ0n) is 23.0. The molecule has 0 saturated carbocycles. The molecule has 2 heteroatoms. The summed E-state index contributed by atoms with van der Waals surface area (Å²) in [6, 6.07) is 26.1. The molecule has 0 amide bonds. The highest BCUT2D eigenvalue weighted by molar-refractivity contribution is 5.90. The van der Waals surface area contributed by atoms with Crippen LogP contribution in [-0.4, -0.2) is 0 Å². The highest BCUT2D eigenvalue weighted by atomic mass is 15.1. The fourth-order valence-electron chi connectivity index (χ4n) is 4.83. The summed E-state index contributed by atoms with van der Waals surface area (Å²) in [5.41, 5.74) is 8.59. The van der Waals surface area contributed by atoms with Crippen molar-refractivity contribution >= 4 is 17.3 Å². The molecule has 0 fully saturated rings. The van der Waals surface area contributed by atoms with Crippen molar-refractivity contribution in [1.82, 2.24) is 0 Å². The predicted octanol–water partition coefficient (Wildman–Crippen LogP) is 10.6. The summed E-state index contributed by atoms with van der Waals surface area (Å²) in [6.45, 7) is 9.19. The minimum Gasteiger partial charge on any atom is -0.176 e. The van der Waals surface area contributed by atoms with Crippen molar-refractivity contribution in [3.8, 4) is 0 Å². The van der Waals surface area contributed by atoms with Crippen molar-refractivity contribution in [3.05, 3.63) is 113 Å². The molecule has 0 N–H and O–H groups in total. The Morgan fingerprint density at radius 3 is 2.24 bits per heavy atom. The molecule has 0 heterocycles. The van der Waals surface area contributed by atoms with E-state index in [4.69, 9.17) is 5.11 Å². The third-order valence-electron chi connectivity index (χ3n) is 7.72. The number of fused-ring (bicyclic) bond motifs is 1. The number of allylic oxidation sites excluding steroid dienone is 2. The molecule has 3 aromatic carbocycles. The second-order valence-electron chi connectivity index (χ2n) is 10.7. The highest BCUT2D eigenvalue weighted by Crippen LogP contribution is 2.36. The molecule has 0 saturated heterocycles. The van der Waals surface area contributed by atoms with Crippen molar-refractivity contribution in [2.45, 2.75) is 72.3 Å². The summed E-state index contributed by atoms with van der Waals surface area (Å²) in [7, 11) is 0. The van der Waals surface area contributed by atoms with Gasteiger partial charge in [0.25, 0.3) is 0 Å². The van der Waals surface area contributed by atoms with Crippen molar-refractivity contribution in [2.24, 2.45) is 22.1 Å². The van der Waals surface area contributed by atoms with E-state index in [2.05, 4.69) is 124 Å². The van der Waals surface area contributed by atoms with Gasteiger partial charge in [-0.2, -0.15) is 10.2 Å². The van der Waals surface area contributed by atoms with Crippen LogP contribution in [0.15, 0.2) is 95.2 Å². The summed E-state index contributed by atoms with van der Waals surface area (Å²) < 4.78 is 0. The Morgan fingerprint density at radius 1 is 0.811 bits per heavy atom. The number of azo groups is 1. The number of hydrogen-bond acceptors (Lipinski definition) is 2. The van der Waals surface area contributed by atoms with Gasteiger partial charge in [0.2, 0.25) is 0 Å². The van der Waals surface area contributed by atoms with Gasteiger partial charge < -0.3 is 0 Å². The van der Waals surface area contributed by atoms with Crippen LogP contribution in [-0.2, 0) is 12.8 Å². The number of nitrogens with zero attached hydrogens (tertiary/aromatic N) is 2. The fraction of sp³-hybridized carbons (Fsp3) is 0.371. The third kappa shape index (κ3) is 7.61. The molecule has 3 atom stereocenters. The summed E-state index contributed by atoms with van der Waals surface area (Å²) in [6.07, 6.45) is 13.9. The van der Waals surface area contributed by atoms with Gasteiger partial charge in [-0.05, 0) is 82.7 Å². The fourth-order valence-corrected chi connectivity index (χ4v) is 4.83. The summed E-state index contributed by atoms with van der Waals surface area (Å²) in [5, 5.41) is 9.32. The lowest BCUT2D eigenvalue weighted by Gasteiger charge is -2.19. The van der Waals surface area contributed by atoms with E-state index in [-0.39, 0.29) is 6.04 Å². The van der Waals surface area contributed by atoms with Crippen LogP contribution in [0.1, 0.15) is 87.2 Å². The maximum absolute atomic E-state index is 4.72. The number of hydrogen-bond donors (Lipinski definition) is 0. The summed E-state index contributed by atoms with van der Waals surface area (Å²) >= 11 is 0. The van der Waals surface area contributed by atoms with Gasteiger partial charge in [0.1, 0.15) is 6.04 Å². The zero-order valence-corrected chi connectivity index (χ0v) is 23.0. The molecule has 0 spiro atoms. The molecule has 0 radical (unpaired) electrons. The lowest BCUT2D eigenvalue weighted by atomic mass is 9.88. The molecule has 0 aromatic heterocycles. The molecule has 0 aliphatic heterocycles. The number of benzene rings is 3. The van der Waals surface area contributed by atoms with Crippen molar-refractivity contribution in [2.75, 3.05) is 0 Å². The van der Waals surface area contributed by atoms with Crippen LogP contribution in [0.4, 0.5) is 5.69 Å². The molecule has 3 unspecified atom stereocenters. The van der Waals surface area contributed by atoms with Gasteiger partial charge in [-0.15, -0.1) is 0 Å². The Morgan fingerprint density at radius 2 is 1.51 bits per heavy atom. The Balaban J connectivity index is 1.44. The SMILES string of the molecule is CCC(C)CCCc1ccc(/N=N/C2C=C/C(=C/c3ccc(CC(C)CC)cc3)c3ccccc32)cc1. The van der Waals surface area contributed by atoms with E-state index in [1.807, 2.05) is 0 Å². The third-order valence-corrected chi connectivity index (χ3v) is 7.72. The molecule has 2 nitrogen and oxygen atoms in total. The standard InChI is InChI=1S/C35H42N2/c1-5-26(3)10-9-11-28-18-21-32(22-19-28)36-37-35-23-20-31(33-12-7-8-13-34(33)35)25-30-16-14-29(15-17-30)24-27(4)6-2/h7-8,12-23,25-27,35H,5-6,9-11,24H2,1-4H3/b31-25-,37-36+. The Kier molecular flexibility index (Phi) is 9.65. The van der Waals surface area contributed by atoms with E-state index < -0.39 is 0 Å². The zero-order chi connectivity index (χ0) is 26.0. The van der Waals surface area contributed by atoms with Crippen LogP contribution in [0.2, 0.25) is 0 Å². The smallest absolute Gasteiger partial charge is 0.115 e. The van der Waals surface area contributed by atoms with Crippen molar-refractivity contribution in [3.63, 3.8) is 0 Å². The van der Waals surface area contributed by atoms with E-state index in [9.17, 15) is 0 Å². The molecular weight excluding hydrogens is 448 g/mol. The molecule has 3 aromatic rings. The van der Waals surface area contributed by atoms with Crippen molar-refractivity contribution < 1.29 is 0 Å². The average Bonchev–Trinajstić information content (AvgIpc) is 2.94. The monoisotopic (exact) mass is 490 g/mol. The number of aryl methyl sites for hydroxylation is 1. The molecule has 0 bridgehead atoms. The first-order valence-electron chi connectivity index (χ1n) is 14.1. The maximum atomic E-state index is 4.72. The second kappa shape index (κ2) is 13.3. The van der Waals surface area contributed by atoms with Crippen LogP contribution < -0.4 is 0 Å². The Labute approximate surface area is 224 Å². The average molecular weight is 491 g/mol. The van der Waals surface area contributed by atoms with Gasteiger partial charge in [-0.25, -0.2) is 0 Å². The highest BCUT2D eigenvalue weighted by Gasteiger charge is 2.18. The lowest BCUT2D eigenvalue weighted by molar-refractivity contribution is 0.496. The van der Waals surface area contributed by atoms with E-state index in [1.54, 1.807) is 0 Å². The first-order valence-corrected chi connectivity index (χ1v) is 14.1. The second-order valence-corrected chi connectivity index (χ2v) is 10.7. The lowest BCUT2D eigenvalue weighted by Crippen LogP contribution is -2.02. The van der Waals surface area contributed by atoms with Gasteiger partial charge in [0.15, 0.2) is 0 Å². The van der Waals surface area contributed by atoms with Gasteiger partial charge in [-0.1, -0.05) is 120 Å². The van der Waals surface area contributed by atoms with Crippen LogP contribution in [0.3, 0.4) is 0 Å². The number of rotatable bonds is 11. The first kappa shape index (κ1) is 26.8. The maximum Gasteiger partial charge on any atom is 0.115 e. The quantitative estimate of drug-likeness (QED) is 0.239. The van der Waals surface area contributed by atoms with Gasteiger partial charge in [0.05, 0.1) is 5.69 Å². The van der Waals surface area contributed by atoms with E-state index in [1.165, 1.54) is 59.1 Å². The van der Waals surface area contributed by atoms with Gasteiger partial charge in [-0.3, -0.25) is 0 Å². The normalized spacial score (nSPS) is 17.7. The molecule has 37 heavy (non-hydrogen) atoms. The van der Waals surface area contributed by atoms with E-state index in [0.717, 1.165) is 30.4 Å². The minimum absolute atomic E-state index is 0.0681. The van der Waals surface area contributed by atoms with Gasteiger partial charge in [0, 0.05) is 0 Å². The molecule has 192 valence electrons. The Bertz CT molecular complexity index is 1210. The van der Waals surface area contributed by atoms with Crippen LogP contribution in [0, 0.1) is 11.8 Å². The largest absolute Gasteiger partial charge is 0.176 e. The molecule has 1 aliphatic rings. The molecular formula is C35H42N2. The molecule has 4 rings (SSSR count). The van der Waals surface area contributed by atoms with E-state index in [0.29, 0.717) is 0 Å². The van der Waals surface area contributed by atoms with E-state index >= 15 is 0 Å². The van der Waals surface area contributed by atoms with Crippen LogP contribution in [0.5, 0.6) is 0 Å². The summed E-state index contributed by atoms with van der Waals surface area (Å²) in [5.74, 6) is 1.54. The first-order chi connectivity index (χ1) is 18.1. The van der Waals surface area contributed by atoms with Gasteiger partial charge >= 0.3 is 0 Å². The minimum atomic E-state index is -0.0681. The summed E-state index contributed by atoms with van der Waals surface area (Å²) in [4.78, 5) is 0. The predicted molar refractivity (Wildman–Crippen MR) is 159 cm³/mol. The Hall–Kier alpha value is -3.26. The topological polar surface area (TPSA) is 24.7 Å². The van der Waals surface area contributed by atoms with Crippen LogP contribution in [0.25, 0.3) is 11.6 Å². The molecule has 1 aliphatic carbocycles. The van der Waals surface area contributed by atoms with Crippen LogP contribution >= 0.6 is 0 Å².